The summed E-state index contributed by atoms with van der Waals surface area (Å²) in [5.41, 5.74) is 6.36. The van der Waals surface area contributed by atoms with Crippen LogP contribution in [0.4, 0.5) is 5.95 Å². The van der Waals surface area contributed by atoms with Gasteiger partial charge in [-0.2, -0.15) is 4.98 Å². The van der Waals surface area contributed by atoms with E-state index in [1.54, 1.807) is 46.2 Å². The molecule has 0 aliphatic heterocycles. The lowest BCUT2D eigenvalue weighted by Crippen LogP contribution is -2.19. The summed E-state index contributed by atoms with van der Waals surface area (Å²) in [5, 5.41) is 20.9. The van der Waals surface area contributed by atoms with Gasteiger partial charge in [0.2, 0.25) is 5.95 Å². The number of fused-ring (bicyclic) bond motifs is 1. The predicted octanol–water partition coefficient (Wildman–Crippen LogP) is 2.22. The maximum absolute atomic E-state index is 10.1. The molecule has 146 valence electrons. The zero-order chi connectivity index (χ0) is 20.5. The van der Waals surface area contributed by atoms with Crippen LogP contribution in [0, 0.1) is 11.8 Å². The van der Waals surface area contributed by atoms with Crippen molar-refractivity contribution in [2.45, 2.75) is 51.7 Å². The maximum Gasteiger partial charge on any atom is 0.221 e. The van der Waals surface area contributed by atoms with Crippen LogP contribution in [0.2, 0.25) is 0 Å². The number of aliphatic hydroxyl groups is 2. The molecule has 0 aromatic carbocycles. The first-order valence-electron chi connectivity index (χ1n) is 9.09. The third kappa shape index (κ3) is 4.85. The lowest BCUT2D eigenvalue weighted by Gasteiger charge is -2.16. The number of pyridine rings is 1. The summed E-state index contributed by atoms with van der Waals surface area (Å²) < 4.78 is 1.92. The summed E-state index contributed by atoms with van der Waals surface area (Å²) in [6.45, 7) is 6.83. The SMILES string of the molecule is CC(C)(O)C#Cc1cc2c(cn1)c(CCC(C)(C)O)cn2-c1ccnc(N)n1. The van der Waals surface area contributed by atoms with E-state index in [-0.39, 0.29) is 5.95 Å². The van der Waals surface area contributed by atoms with Gasteiger partial charge in [-0.25, -0.2) is 9.97 Å². The third-order valence-corrected chi connectivity index (χ3v) is 4.18. The largest absolute Gasteiger partial charge is 0.390 e. The molecule has 0 amide bonds. The molecule has 4 N–H and O–H groups in total. The zero-order valence-electron chi connectivity index (χ0n) is 16.6. The molecule has 3 rings (SSSR count). The summed E-state index contributed by atoms with van der Waals surface area (Å²) >= 11 is 0. The number of nitrogens with two attached hydrogens (primary N) is 1. The standard InChI is InChI=1S/C21H25N5O2/c1-20(2,27)8-5-14-13-26(18-7-10-23-19(22)25-18)17-11-15(24-12-16(14)17)6-9-21(3,4)28/h7,10-13,27-28H,5,8H2,1-4H3,(H2,22,23,25). The Balaban J connectivity index is 2.14. The molecule has 0 atom stereocenters. The summed E-state index contributed by atoms with van der Waals surface area (Å²) in [7, 11) is 0. The third-order valence-electron chi connectivity index (χ3n) is 4.18. The molecule has 0 spiro atoms. The molecular weight excluding hydrogens is 354 g/mol. The van der Waals surface area contributed by atoms with Crippen molar-refractivity contribution in [1.82, 2.24) is 19.5 Å². The normalized spacial score (nSPS) is 12.1. The van der Waals surface area contributed by atoms with Gasteiger partial charge in [0.25, 0.3) is 0 Å². The van der Waals surface area contributed by atoms with Gasteiger partial charge in [0.05, 0.1) is 11.1 Å². The number of rotatable bonds is 4. The first kappa shape index (κ1) is 19.8. The minimum Gasteiger partial charge on any atom is -0.390 e. The molecule has 0 unspecified atom stereocenters. The van der Waals surface area contributed by atoms with Crippen LogP contribution in [0.25, 0.3) is 16.7 Å². The zero-order valence-corrected chi connectivity index (χ0v) is 16.6. The Labute approximate surface area is 164 Å². The van der Waals surface area contributed by atoms with Crippen LogP contribution in [-0.4, -0.2) is 40.9 Å². The number of nitrogen functional groups attached to an aromatic ring is 1. The molecule has 3 aromatic rings. The minimum absolute atomic E-state index is 0.188. The number of aryl methyl sites for hydroxylation is 1. The second-order valence-corrected chi connectivity index (χ2v) is 8.01. The van der Waals surface area contributed by atoms with E-state index in [1.807, 2.05) is 16.8 Å². The fourth-order valence-corrected chi connectivity index (χ4v) is 2.80. The van der Waals surface area contributed by atoms with Crippen molar-refractivity contribution in [3.63, 3.8) is 0 Å². The van der Waals surface area contributed by atoms with E-state index in [9.17, 15) is 10.2 Å². The lowest BCUT2D eigenvalue weighted by molar-refractivity contribution is 0.0715. The molecule has 0 bridgehead atoms. The number of anilines is 1. The van der Waals surface area contributed by atoms with Crippen LogP contribution < -0.4 is 5.73 Å². The van der Waals surface area contributed by atoms with E-state index < -0.39 is 11.2 Å². The quantitative estimate of drug-likeness (QED) is 0.600. The first-order valence-corrected chi connectivity index (χ1v) is 9.09. The number of hydrogen-bond acceptors (Lipinski definition) is 6. The van der Waals surface area contributed by atoms with E-state index in [0.29, 0.717) is 24.4 Å². The van der Waals surface area contributed by atoms with Crippen molar-refractivity contribution in [3.8, 4) is 17.7 Å². The van der Waals surface area contributed by atoms with Gasteiger partial charge in [-0.05, 0) is 64.2 Å². The van der Waals surface area contributed by atoms with Gasteiger partial charge in [-0.1, -0.05) is 5.92 Å². The molecule has 3 heterocycles. The van der Waals surface area contributed by atoms with Crippen LogP contribution in [-0.2, 0) is 6.42 Å². The van der Waals surface area contributed by atoms with E-state index in [4.69, 9.17) is 5.73 Å². The Morgan fingerprint density at radius 2 is 1.93 bits per heavy atom. The molecule has 0 radical (unpaired) electrons. The number of hydrogen-bond donors (Lipinski definition) is 3. The van der Waals surface area contributed by atoms with Crippen LogP contribution in [0.3, 0.4) is 0 Å². The summed E-state index contributed by atoms with van der Waals surface area (Å²) in [6.07, 6.45) is 6.65. The fourth-order valence-electron chi connectivity index (χ4n) is 2.80. The summed E-state index contributed by atoms with van der Waals surface area (Å²) in [6, 6.07) is 3.64. The Kier molecular flexibility index (Phi) is 5.11. The highest BCUT2D eigenvalue weighted by Crippen LogP contribution is 2.27. The van der Waals surface area contributed by atoms with Gasteiger partial charge in [-0.15, -0.1) is 0 Å². The van der Waals surface area contributed by atoms with Gasteiger partial charge < -0.3 is 20.5 Å². The molecule has 0 saturated carbocycles. The van der Waals surface area contributed by atoms with E-state index in [1.165, 1.54) is 0 Å². The van der Waals surface area contributed by atoms with Crippen LogP contribution >= 0.6 is 0 Å². The van der Waals surface area contributed by atoms with Crippen molar-refractivity contribution in [3.05, 3.63) is 42.0 Å². The van der Waals surface area contributed by atoms with Crippen molar-refractivity contribution < 1.29 is 10.2 Å². The topological polar surface area (TPSA) is 110 Å². The predicted molar refractivity (Wildman–Crippen MR) is 109 cm³/mol. The average Bonchev–Trinajstić information content (AvgIpc) is 2.95. The Morgan fingerprint density at radius 1 is 1.18 bits per heavy atom. The van der Waals surface area contributed by atoms with Crippen LogP contribution in [0.15, 0.2) is 30.7 Å². The van der Waals surface area contributed by atoms with Crippen molar-refractivity contribution in [2.24, 2.45) is 0 Å². The highest BCUT2D eigenvalue weighted by molar-refractivity contribution is 5.85. The van der Waals surface area contributed by atoms with Crippen LogP contribution in [0.5, 0.6) is 0 Å². The van der Waals surface area contributed by atoms with E-state index in [2.05, 4.69) is 26.8 Å². The van der Waals surface area contributed by atoms with Gasteiger partial charge in [0, 0.05) is 24.0 Å². The molecule has 28 heavy (non-hydrogen) atoms. The van der Waals surface area contributed by atoms with Crippen LogP contribution in [0.1, 0.15) is 45.4 Å². The summed E-state index contributed by atoms with van der Waals surface area (Å²) in [5.74, 6) is 6.52. The number of nitrogens with zero attached hydrogens (tertiary/aromatic N) is 4. The highest BCUT2D eigenvalue weighted by Gasteiger charge is 2.17. The molecule has 0 aliphatic rings. The molecule has 3 aromatic heterocycles. The molecule has 7 heteroatoms. The smallest absolute Gasteiger partial charge is 0.221 e. The minimum atomic E-state index is -1.10. The van der Waals surface area contributed by atoms with Crippen molar-refractivity contribution in [2.75, 3.05) is 5.73 Å². The average molecular weight is 379 g/mol. The Bertz CT molecular complexity index is 1060. The molecule has 0 saturated heterocycles. The Hall–Kier alpha value is -2.95. The van der Waals surface area contributed by atoms with Crippen molar-refractivity contribution >= 4 is 16.9 Å². The monoisotopic (exact) mass is 379 g/mol. The molecular formula is C21H25N5O2. The summed E-state index contributed by atoms with van der Waals surface area (Å²) in [4.78, 5) is 12.7. The second kappa shape index (κ2) is 7.23. The van der Waals surface area contributed by atoms with Gasteiger partial charge >= 0.3 is 0 Å². The van der Waals surface area contributed by atoms with Gasteiger partial charge in [-0.3, -0.25) is 0 Å². The number of aromatic nitrogens is 4. The Morgan fingerprint density at radius 3 is 2.57 bits per heavy atom. The maximum atomic E-state index is 10.1. The van der Waals surface area contributed by atoms with Crippen molar-refractivity contribution in [1.29, 1.82) is 0 Å². The fraction of sp³-hybridized carbons (Fsp3) is 0.381. The van der Waals surface area contributed by atoms with Gasteiger partial charge in [0.15, 0.2) is 0 Å². The second-order valence-electron chi connectivity index (χ2n) is 8.01. The molecule has 0 aliphatic carbocycles. The molecule has 0 fully saturated rings. The van der Waals surface area contributed by atoms with E-state index in [0.717, 1.165) is 16.5 Å². The first-order chi connectivity index (χ1) is 13.0. The highest BCUT2D eigenvalue weighted by atomic mass is 16.3. The molecule has 7 nitrogen and oxygen atoms in total. The van der Waals surface area contributed by atoms with E-state index >= 15 is 0 Å². The van der Waals surface area contributed by atoms with Gasteiger partial charge in [0.1, 0.15) is 17.1 Å². The lowest BCUT2D eigenvalue weighted by atomic mass is 9.99.